The van der Waals surface area contributed by atoms with Crippen LogP contribution in [0.4, 0.5) is 0 Å². The molecule has 0 fully saturated rings. The molecule has 0 bridgehead atoms. The Balaban J connectivity index is 2.09. The maximum absolute atomic E-state index is 10.3. The van der Waals surface area contributed by atoms with Crippen molar-refractivity contribution in [2.24, 2.45) is 0 Å². The van der Waals surface area contributed by atoms with Gasteiger partial charge in [-0.05, 0) is 78.3 Å². The van der Waals surface area contributed by atoms with Gasteiger partial charge in [0.05, 0.1) is 6.10 Å². The minimum Gasteiger partial charge on any atom is -0.388 e. The van der Waals surface area contributed by atoms with Crippen molar-refractivity contribution < 1.29 is 5.11 Å². The third kappa shape index (κ3) is 3.01. The molecular weight excluding hydrogens is 240 g/mol. The van der Waals surface area contributed by atoms with Crippen molar-refractivity contribution in [2.45, 2.75) is 39.7 Å². The van der Waals surface area contributed by atoms with Crippen molar-refractivity contribution in [3.63, 3.8) is 0 Å². The van der Waals surface area contributed by atoms with E-state index in [9.17, 15) is 5.11 Å². The molecule has 0 aliphatic carbocycles. The lowest BCUT2D eigenvalue weighted by Crippen LogP contribution is -2.03. The lowest BCUT2D eigenvalue weighted by Gasteiger charge is -2.15. The van der Waals surface area contributed by atoms with Crippen LogP contribution in [0, 0.1) is 20.8 Å². The molecule has 1 aromatic carbocycles. The molecule has 1 N–H and O–H groups in total. The second kappa shape index (κ2) is 5.68. The average molecular weight is 260 g/mol. The van der Waals surface area contributed by atoms with Gasteiger partial charge in [-0.3, -0.25) is 0 Å². The Morgan fingerprint density at radius 1 is 1.11 bits per heavy atom. The van der Waals surface area contributed by atoms with E-state index in [1.165, 1.54) is 22.3 Å². The van der Waals surface area contributed by atoms with Gasteiger partial charge in [-0.15, -0.1) is 0 Å². The average Bonchev–Trinajstić information content (AvgIpc) is 2.84. The smallest absolute Gasteiger partial charge is 0.0795 e. The van der Waals surface area contributed by atoms with Crippen LogP contribution in [0.3, 0.4) is 0 Å². The van der Waals surface area contributed by atoms with Crippen molar-refractivity contribution in [3.05, 3.63) is 56.8 Å². The van der Waals surface area contributed by atoms with Crippen LogP contribution in [-0.2, 0) is 6.42 Å². The topological polar surface area (TPSA) is 20.2 Å². The SMILES string of the molecule is Cc1cc(C)c(C(O)CCc2ccsc2)cc1C. The molecule has 2 rings (SSSR count). The fourth-order valence-corrected chi connectivity index (χ4v) is 2.94. The van der Waals surface area contributed by atoms with Gasteiger partial charge in [0, 0.05) is 0 Å². The zero-order valence-corrected chi connectivity index (χ0v) is 12.1. The number of benzene rings is 1. The van der Waals surface area contributed by atoms with Crippen molar-refractivity contribution in [1.29, 1.82) is 0 Å². The molecule has 0 amide bonds. The molecule has 0 spiro atoms. The van der Waals surface area contributed by atoms with Gasteiger partial charge in [0.15, 0.2) is 0 Å². The van der Waals surface area contributed by atoms with Crippen LogP contribution in [0.15, 0.2) is 29.0 Å². The summed E-state index contributed by atoms with van der Waals surface area (Å²) in [5.74, 6) is 0. The summed E-state index contributed by atoms with van der Waals surface area (Å²) < 4.78 is 0. The summed E-state index contributed by atoms with van der Waals surface area (Å²) in [7, 11) is 0. The molecule has 1 heterocycles. The molecule has 2 heteroatoms. The molecular formula is C16H20OS. The number of aliphatic hydroxyl groups excluding tert-OH is 1. The van der Waals surface area contributed by atoms with Gasteiger partial charge >= 0.3 is 0 Å². The number of hydrogen-bond donors (Lipinski definition) is 1. The Labute approximate surface area is 113 Å². The van der Waals surface area contributed by atoms with Crippen LogP contribution in [0.2, 0.25) is 0 Å². The second-order valence-electron chi connectivity index (χ2n) is 4.98. The standard InChI is InChI=1S/C16H20OS/c1-11-8-13(3)15(9-12(11)2)16(17)5-4-14-6-7-18-10-14/h6-10,16-17H,4-5H2,1-3H3. The summed E-state index contributed by atoms with van der Waals surface area (Å²) >= 11 is 1.71. The molecule has 96 valence electrons. The van der Waals surface area contributed by atoms with Crippen molar-refractivity contribution >= 4 is 11.3 Å². The molecule has 0 aliphatic rings. The molecule has 0 aliphatic heterocycles. The first-order valence-electron chi connectivity index (χ1n) is 6.35. The van der Waals surface area contributed by atoms with Gasteiger partial charge in [-0.1, -0.05) is 12.1 Å². The Bertz CT molecular complexity index is 514. The summed E-state index contributed by atoms with van der Waals surface area (Å²) in [6.45, 7) is 6.29. The highest BCUT2D eigenvalue weighted by Gasteiger charge is 2.12. The monoisotopic (exact) mass is 260 g/mol. The summed E-state index contributed by atoms with van der Waals surface area (Å²) in [5.41, 5.74) is 6.14. The first-order valence-corrected chi connectivity index (χ1v) is 7.29. The first kappa shape index (κ1) is 13.3. The molecule has 0 saturated heterocycles. The van der Waals surface area contributed by atoms with Crippen molar-refractivity contribution in [2.75, 3.05) is 0 Å². The summed E-state index contributed by atoms with van der Waals surface area (Å²) in [4.78, 5) is 0. The minimum atomic E-state index is -0.357. The fraction of sp³-hybridized carbons (Fsp3) is 0.375. The van der Waals surface area contributed by atoms with E-state index in [4.69, 9.17) is 0 Å². The van der Waals surface area contributed by atoms with E-state index in [1.54, 1.807) is 11.3 Å². The molecule has 1 unspecified atom stereocenters. The minimum absolute atomic E-state index is 0.357. The van der Waals surface area contributed by atoms with Gasteiger partial charge in [0.1, 0.15) is 0 Å². The van der Waals surface area contributed by atoms with Gasteiger partial charge in [0.25, 0.3) is 0 Å². The second-order valence-corrected chi connectivity index (χ2v) is 5.76. The summed E-state index contributed by atoms with van der Waals surface area (Å²) in [6, 6.07) is 6.42. The molecule has 1 atom stereocenters. The number of aryl methyl sites for hydroxylation is 4. The van der Waals surface area contributed by atoms with Crippen LogP contribution in [-0.4, -0.2) is 5.11 Å². The van der Waals surface area contributed by atoms with E-state index >= 15 is 0 Å². The third-order valence-corrected chi connectivity index (χ3v) is 4.26. The summed E-state index contributed by atoms with van der Waals surface area (Å²) in [6.07, 6.45) is 1.38. The normalized spacial score (nSPS) is 12.7. The molecule has 0 radical (unpaired) electrons. The zero-order chi connectivity index (χ0) is 13.1. The van der Waals surface area contributed by atoms with Crippen molar-refractivity contribution in [3.8, 4) is 0 Å². The van der Waals surface area contributed by atoms with Crippen LogP contribution in [0.25, 0.3) is 0 Å². The molecule has 2 aromatic rings. The van der Waals surface area contributed by atoms with E-state index in [2.05, 4.69) is 49.7 Å². The predicted molar refractivity (Wildman–Crippen MR) is 78.3 cm³/mol. The zero-order valence-electron chi connectivity index (χ0n) is 11.2. The lowest BCUT2D eigenvalue weighted by atomic mass is 9.94. The van der Waals surface area contributed by atoms with Crippen LogP contribution in [0.1, 0.15) is 40.3 Å². The third-order valence-electron chi connectivity index (χ3n) is 3.53. The first-order chi connectivity index (χ1) is 8.58. The summed E-state index contributed by atoms with van der Waals surface area (Å²) in [5, 5.41) is 14.6. The molecule has 1 aromatic heterocycles. The quantitative estimate of drug-likeness (QED) is 0.867. The number of thiophene rings is 1. The highest BCUT2D eigenvalue weighted by Crippen LogP contribution is 2.25. The maximum atomic E-state index is 10.3. The van der Waals surface area contributed by atoms with Crippen LogP contribution >= 0.6 is 11.3 Å². The fourth-order valence-electron chi connectivity index (χ4n) is 2.24. The number of rotatable bonds is 4. The lowest BCUT2D eigenvalue weighted by molar-refractivity contribution is 0.167. The van der Waals surface area contributed by atoms with E-state index < -0.39 is 0 Å². The Kier molecular flexibility index (Phi) is 4.20. The molecule has 0 saturated carbocycles. The predicted octanol–water partition coefficient (Wildman–Crippen LogP) is 4.34. The van der Waals surface area contributed by atoms with Gasteiger partial charge in [-0.2, -0.15) is 11.3 Å². The van der Waals surface area contributed by atoms with Gasteiger partial charge in [0.2, 0.25) is 0 Å². The van der Waals surface area contributed by atoms with Crippen LogP contribution < -0.4 is 0 Å². The maximum Gasteiger partial charge on any atom is 0.0795 e. The van der Waals surface area contributed by atoms with E-state index in [0.717, 1.165) is 18.4 Å². The van der Waals surface area contributed by atoms with Crippen molar-refractivity contribution in [1.82, 2.24) is 0 Å². The molecule has 1 nitrogen and oxygen atoms in total. The van der Waals surface area contributed by atoms with E-state index in [0.29, 0.717) is 0 Å². The Morgan fingerprint density at radius 3 is 2.50 bits per heavy atom. The van der Waals surface area contributed by atoms with Gasteiger partial charge in [-0.25, -0.2) is 0 Å². The number of hydrogen-bond acceptors (Lipinski definition) is 2. The number of aliphatic hydroxyl groups is 1. The molecule has 18 heavy (non-hydrogen) atoms. The van der Waals surface area contributed by atoms with Crippen LogP contribution in [0.5, 0.6) is 0 Å². The van der Waals surface area contributed by atoms with E-state index in [-0.39, 0.29) is 6.10 Å². The Morgan fingerprint density at radius 2 is 1.83 bits per heavy atom. The van der Waals surface area contributed by atoms with Gasteiger partial charge < -0.3 is 5.11 Å². The largest absolute Gasteiger partial charge is 0.388 e. The Hall–Kier alpha value is -1.12. The highest BCUT2D eigenvalue weighted by atomic mass is 32.1. The van der Waals surface area contributed by atoms with E-state index in [1.807, 2.05) is 0 Å². The highest BCUT2D eigenvalue weighted by molar-refractivity contribution is 7.07.